The molecule has 0 atom stereocenters. The molecule has 0 spiro atoms. The molecule has 2 rings (SSSR count). The third kappa shape index (κ3) is 3.75. The fourth-order valence-corrected chi connectivity index (χ4v) is 2.16. The van der Waals surface area contributed by atoms with E-state index < -0.39 is 0 Å². The van der Waals surface area contributed by atoms with Gasteiger partial charge >= 0.3 is 0 Å². The SMILES string of the molecule is COc1ccc(C(=O)CCc2cccc(N)c2)cc1OC. The Balaban J connectivity index is 2.06. The lowest BCUT2D eigenvalue weighted by atomic mass is 10.0. The number of nitrogens with two attached hydrogens (primary N) is 1. The summed E-state index contributed by atoms with van der Waals surface area (Å²) < 4.78 is 10.4. The van der Waals surface area contributed by atoms with Gasteiger partial charge in [0.2, 0.25) is 0 Å². The Morgan fingerprint density at radius 3 is 2.48 bits per heavy atom. The van der Waals surface area contributed by atoms with Crippen LogP contribution in [-0.4, -0.2) is 20.0 Å². The molecule has 0 heterocycles. The average molecular weight is 285 g/mol. The molecule has 2 aromatic rings. The highest BCUT2D eigenvalue weighted by molar-refractivity contribution is 5.96. The monoisotopic (exact) mass is 285 g/mol. The molecule has 4 heteroatoms. The van der Waals surface area contributed by atoms with Crippen LogP contribution in [0.15, 0.2) is 42.5 Å². The molecule has 0 aromatic heterocycles. The summed E-state index contributed by atoms with van der Waals surface area (Å²) in [5.41, 5.74) is 8.13. The number of benzene rings is 2. The molecule has 0 saturated carbocycles. The quantitative estimate of drug-likeness (QED) is 0.654. The van der Waals surface area contributed by atoms with E-state index in [1.807, 2.05) is 24.3 Å². The van der Waals surface area contributed by atoms with Crippen molar-refractivity contribution in [2.75, 3.05) is 20.0 Å². The van der Waals surface area contributed by atoms with Crippen LogP contribution in [-0.2, 0) is 6.42 Å². The van der Waals surface area contributed by atoms with Gasteiger partial charge in [-0.3, -0.25) is 4.79 Å². The first-order valence-corrected chi connectivity index (χ1v) is 6.73. The second-order valence-corrected chi connectivity index (χ2v) is 4.74. The van der Waals surface area contributed by atoms with Gasteiger partial charge in [-0.2, -0.15) is 0 Å². The minimum atomic E-state index is 0.0679. The molecule has 4 nitrogen and oxygen atoms in total. The Bertz CT molecular complexity index is 638. The van der Waals surface area contributed by atoms with Gasteiger partial charge in [0.15, 0.2) is 17.3 Å². The lowest BCUT2D eigenvalue weighted by Gasteiger charge is -2.09. The van der Waals surface area contributed by atoms with Gasteiger partial charge in [0, 0.05) is 17.7 Å². The average Bonchev–Trinajstić information content (AvgIpc) is 2.52. The zero-order chi connectivity index (χ0) is 15.2. The predicted octanol–water partition coefficient (Wildman–Crippen LogP) is 3.10. The molecule has 0 aliphatic heterocycles. The number of anilines is 1. The summed E-state index contributed by atoms with van der Waals surface area (Å²) in [7, 11) is 3.12. The smallest absolute Gasteiger partial charge is 0.163 e. The van der Waals surface area contributed by atoms with E-state index in [4.69, 9.17) is 15.2 Å². The minimum absolute atomic E-state index is 0.0679. The van der Waals surface area contributed by atoms with E-state index in [1.165, 1.54) is 0 Å². The van der Waals surface area contributed by atoms with Crippen molar-refractivity contribution in [2.45, 2.75) is 12.8 Å². The standard InChI is InChI=1S/C17H19NO3/c1-20-16-9-7-13(11-17(16)21-2)15(19)8-6-12-4-3-5-14(18)10-12/h3-5,7,9-11H,6,8,18H2,1-2H3. The molecule has 0 saturated heterocycles. The van der Waals surface area contributed by atoms with Crippen molar-refractivity contribution in [3.63, 3.8) is 0 Å². The highest BCUT2D eigenvalue weighted by atomic mass is 16.5. The van der Waals surface area contributed by atoms with E-state index >= 15 is 0 Å². The number of hydrogen-bond acceptors (Lipinski definition) is 4. The molecule has 0 unspecified atom stereocenters. The van der Waals surface area contributed by atoms with Crippen LogP contribution in [0, 0.1) is 0 Å². The van der Waals surface area contributed by atoms with Crippen LogP contribution >= 0.6 is 0 Å². The van der Waals surface area contributed by atoms with Gasteiger partial charge < -0.3 is 15.2 Å². The van der Waals surface area contributed by atoms with Gasteiger partial charge in [0.25, 0.3) is 0 Å². The van der Waals surface area contributed by atoms with E-state index in [0.29, 0.717) is 35.6 Å². The number of Topliss-reactive ketones (excluding diaryl/α,β-unsaturated/α-hetero) is 1. The summed E-state index contributed by atoms with van der Waals surface area (Å²) >= 11 is 0. The number of carbonyl (C=O) groups excluding carboxylic acids is 1. The zero-order valence-electron chi connectivity index (χ0n) is 12.3. The number of hydrogen-bond donors (Lipinski definition) is 1. The highest BCUT2D eigenvalue weighted by Crippen LogP contribution is 2.28. The maximum atomic E-state index is 12.2. The highest BCUT2D eigenvalue weighted by Gasteiger charge is 2.11. The van der Waals surface area contributed by atoms with Crippen LogP contribution in [0.4, 0.5) is 5.69 Å². The Morgan fingerprint density at radius 2 is 1.81 bits per heavy atom. The summed E-state index contributed by atoms with van der Waals surface area (Å²) in [6.07, 6.45) is 1.09. The van der Waals surface area contributed by atoms with Crippen molar-refractivity contribution in [2.24, 2.45) is 0 Å². The molecule has 21 heavy (non-hydrogen) atoms. The van der Waals surface area contributed by atoms with Crippen molar-refractivity contribution in [3.05, 3.63) is 53.6 Å². The largest absolute Gasteiger partial charge is 0.493 e. The molecule has 2 aromatic carbocycles. The molecule has 0 bridgehead atoms. The minimum Gasteiger partial charge on any atom is -0.493 e. The Kier molecular flexibility index (Phi) is 4.82. The number of ether oxygens (including phenoxy) is 2. The van der Waals surface area contributed by atoms with E-state index in [1.54, 1.807) is 32.4 Å². The maximum Gasteiger partial charge on any atom is 0.163 e. The zero-order valence-corrected chi connectivity index (χ0v) is 12.3. The normalized spacial score (nSPS) is 10.2. The Labute approximate surface area is 124 Å². The maximum absolute atomic E-state index is 12.2. The third-order valence-electron chi connectivity index (χ3n) is 3.30. The van der Waals surface area contributed by atoms with Crippen molar-refractivity contribution in [3.8, 4) is 11.5 Å². The van der Waals surface area contributed by atoms with Gasteiger partial charge in [0.05, 0.1) is 14.2 Å². The van der Waals surface area contributed by atoms with Crippen LogP contribution < -0.4 is 15.2 Å². The summed E-state index contributed by atoms with van der Waals surface area (Å²) in [6.45, 7) is 0. The number of aryl methyl sites for hydroxylation is 1. The molecular formula is C17H19NO3. The number of carbonyl (C=O) groups is 1. The Morgan fingerprint density at radius 1 is 1.05 bits per heavy atom. The van der Waals surface area contributed by atoms with Crippen LogP contribution in [0.2, 0.25) is 0 Å². The van der Waals surface area contributed by atoms with E-state index in [9.17, 15) is 4.79 Å². The molecule has 110 valence electrons. The predicted molar refractivity (Wildman–Crippen MR) is 83.1 cm³/mol. The van der Waals surface area contributed by atoms with Gasteiger partial charge in [0.1, 0.15) is 0 Å². The number of methoxy groups -OCH3 is 2. The van der Waals surface area contributed by atoms with E-state index in [0.717, 1.165) is 5.56 Å². The first-order chi connectivity index (χ1) is 10.1. The molecule has 0 aliphatic carbocycles. The van der Waals surface area contributed by atoms with Crippen LogP contribution in [0.5, 0.6) is 11.5 Å². The third-order valence-corrected chi connectivity index (χ3v) is 3.30. The fraction of sp³-hybridized carbons (Fsp3) is 0.235. The molecule has 0 fully saturated rings. The lowest BCUT2D eigenvalue weighted by molar-refractivity contribution is 0.0982. The van der Waals surface area contributed by atoms with Crippen molar-refractivity contribution < 1.29 is 14.3 Å². The number of rotatable bonds is 6. The summed E-state index contributed by atoms with van der Waals surface area (Å²) in [5, 5.41) is 0. The van der Waals surface area contributed by atoms with E-state index in [-0.39, 0.29) is 5.78 Å². The second kappa shape index (κ2) is 6.79. The molecule has 0 amide bonds. The molecular weight excluding hydrogens is 266 g/mol. The molecule has 2 N–H and O–H groups in total. The van der Waals surface area contributed by atoms with Gasteiger partial charge in [-0.25, -0.2) is 0 Å². The van der Waals surface area contributed by atoms with Crippen LogP contribution in [0.3, 0.4) is 0 Å². The summed E-state index contributed by atoms with van der Waals surface area (Å²) in [5.74, 6) is 1.25. The van der Waals surface area contributed by atoms with Crippen molar-refractivity contribution in [1.82, 2.24) is 0 Å². The number of ketones is 1. The number of nitrogen functional groups attached to an aromatic ring is 1. The van der Waals surface area contributed by atoms with E-state index in [2.05, 4.69) is 0 Å². The van der Waals surface area contributed by atoms with Gasteiger partial charge in [-0.15, -0.1) is 0 Å². The summed E-state index contributed by atoms with van der Waals surface area (Å²) in [6, 6.07) is 12.8. The van der Waals surface area contributed by atoms with Gasteiger partial charge in [-0.1, -0.05) is 12.1 Å². The topological polar surface area (TPSA) is 61.5 Å². The second-order valence-electron chi connectivity index (χ2n) is 4.74. The van der Waals surface area contributed by atoms with Crippen molar-refractivity contribution >= 4 is 11.5 Å². The fourth-order valence-electron chi connectivity index (χ4n) is 2.16. The molecule has 0 radical (unpaired) electrons. The van der Waals surface area contributed by atoms with Crippen molar-refractivity contribution in [1.29, 1.82) is 0 Å². The van der Waals surface area contributed by atoms with Crippen LogP contribution in [0.1, 0.15) is 22.3 Å². The molecule has 0 aliphatic rings. The first kappa shape index (κ1) is 14.9. The lowest BCUT2D eigenvalue weighted by Crippen LogP contribution is -2.02. The van der Waals surface area contributed by atoms with Gasteiger partial charge in [-0.05, 0) is 42.3 Å². The summed E-state index contributed by atoms with van der Waals surface area (Å²) in [4.78, 5) is 12.2. The Hall–Kier alpha value is -2.49. The van der Waals surface area contributed by atoms with Crippen LogP contribution in [0.25, 0.3) is 0 Å². The first-order valence-electron chi connectivity index (χ1n) is 6.73.